The molecular weight excluding hydrogens is 262 g/mol. The smallest absolute Gasteiger partial charge is 0.342 e. The zero-order chi connectivity index (χ0) is 14.5. The Balaban J connectivity index is 1.85. The van der Waals surface area contributed by atoms with Crippen molar-refractivity contribution in [1.82, 2.24) is 19.4 Å². The van der Waals surface area contributed by atoms with Gasteiger partial charge in [-0.15, -0.1) is 0 Å². The fraction of sp³-hybridized carbons (Fsp3) is 0.750. The monoisotopic (exact) mass is 283 g/mol. The van der Waals surface area contributed by atoms with Crippen LogP contribution in [0.15, 0.2) is 6.20 Å². The number of rotatable bonds is 6. The zero-order valence-electron chi connectivity index (χ0n) is 11.7. The third kappa shape index (κ3) is 3.53. The Kier molecular flexibility index (Phi) is 5.05. The first-order chi connectivity index (χ1) is 9.61. The van der Waals surface area contributed by atoms with Crippen LogP contribution in [0.2, 0.25) is 0 Å². The normalized spacial score (nSPS) is 17.5. The number of aryl methyl sites for hydroxylation is 1. The highest BCUT2D eigenvalue weighted by Crippen LogP contribution is 2.13. The predicted molar refractivity (Wildman–Crippen MR) is 73.6 cm³/mol. The molecule has 2 rings (SSSR count). The van der Waals surface area contributed by atoms with E-state index in [2.05, 4.69) is 14.8 Å². The van der Waals surface area contributed by atoms with Gasteiger partial charge in [-0.25, -0.2) is 9.55 Å². The fourth-order valence-electron chi connectivity index (χ4n) is 2.50. The number of aliphatic hydroxyl groups is 1. The van der Waals surface area contributed by atoms with E-state index in [4.69, 9.17) is 5.11 Å². The molecule has 0 spiro atoms. The summed E-state index contributed by atoms with van der Waals surface area (Å²) in [6.07, 6.45) is 1.31. The second-order valence-corrected chi connectivity index (χ2v) is 4.98. The summed E-state index contributed by atoms with van der Waals surface area (Å²) in [6.45, 7) is 7.81. The third-order valence-electron chi connectivity index (χ3n) is 3.74. The van der Waals surface area contributed by atoms with Crippen LogP contribution < -0.4 is 0 Å². The maximum Gasteiger partial charge on any atom is 0.342 e. The highest BCUT2D eigenvalue weighted by Gasteiger charge is 2.20. The van der Waals surface area contributed by atoms with Crippen molar-refractivity contribution in [2.45, 2.75) is 13.5 Å². The molecule has 1 saturated heterocycles. The lowest BCUT2D eigenvalue weighted by Crippen LogP contribution is -2.47. The Labute approximate surface area is 117 Å². The van der Waals surface area contributed by atoms with Crippen LogP contribution in [0.4, 0.5) is 5.82 Å². The molecule has 0 saturated carbocycles. The largest absolute Gasteiger partial charge is 0.395 e. The molecule has 1 aromatic rings. The number of nitro groups is 1. The number of nitrogens with zero attached hydrogens (tertiary/aromatic N) is 5. The number of β-amino-alcohol motifs (C(OH)–C–C–N with tert-alkyl or cyclic N) is 1. The van der Waals surface area contributed by atoms with Crippen LogP contribution in [0.3, 0.4) is 0 Å². The lowest BCUT2D eigenvalue weighted by atomic mass is 10.3. The van der Waals surface area contributed by atoms with Gasteiger partial charge in [0.15, 0.2) is 5.82 Å². The van der Waals surface area contributed by atoms with Crippen LogP contribution in [-0.4, -0.2) is 75.3 Å². The summed E-state index contributed by atoms with van der Waals surface area (Å²) in [4.78, 5) is 19.0. The van der Waals surface area contributed by atoms with E-state index in [1.54, 1.807) is 11.5 Å². The van der Waals surface area contributed by atoms with E-state index in [0.29, 0.717) is 12.4 Å². The summed E-state index contributed by atoms with van der Waals surface area (Å²) in [5.74, 6) is 0.733. The number of piperazine rings is 1. The van der Waals surface area contributed by atoms with Crippen molar-refractivity contribution in [3.63, 3.8) is 0 Å². The SMILES string of the molecule is Cc1ncc([N+](=O)[O-])n1CCN1CCN(CCO)CC1. The van der Waals surface area contributed by atoms with Crippen LogP contribution in [0.25, 0.3) is 0 Å². The minimum atomic E-state index is -0.390. The Morgan fingerprint density at radius 3 is 2.40 bits per heavy atom. The van der Waals surface area contributed by atoms with Crippen LogP contribution in [0.1, 0.15) is 5.82 Å². The summed E-state index contributed by atoms with van der Waals surface area (Å²) in [5.41, 5.74) is 0. The molecular formula is C12H21N5O3. The Bertz CT molecular complexity index is 454. The summed E-state index contributed by atoms with van der Waals surface area (Å²) in [5, 5.41) is 19.8. The van der Waals surface area contributed by atoms with E-state index in [1.165, 1.54) is 6.20 Å². The lowest BCUT2D eigenvalue weighted by molar-refractivity contribution is -0.392. The molecule has 0 bridgehead atoms. The van der Waals surface area contributed by atoms with Crippen molar-refractivity contribution < 1.29 is 10.0 Å². The molecule has 0 aromatic carbocycles. The molecule has 0 amide bonds. The lowest BCUT2D eigenvalue weighted by Gasteiger charge is -2.33. The molecule has 1 aliphatic rings. The molecule has 1 aromatic heterocycles. The van der Waals surface area contributed by atoms with Crippen molar-refractivity contribution in [2.24, 2.45) is 0 Å². The van der Waals surface area contributed by atoms with Crippen molar-refractivity contribution in [2.75, 3.05) is 45.9 Å². The topological polar surface area (TPSA) is 87.7 Å². The number of hydrogen-bond donors (Lipinski definition) is 1. The number of hydrogen-bond acceptors (Lipinski definition) is 6. The summed E-state index contributed by atoms with van der Waals surface area (Å²) in [6, 6.07) is 0. The predicted octanol–water partition coefficient (Wildman–Crippen LogP) is -0.290. The molecule has 0 atom stereocenters. The second-order valence-electron chi connectivity index (χ2n) is 4.98. The van der Waals surface area contributed by atoms with Gasteiger partial charge in [0.2, 0.25) is 0 Å². The van der Waals surface area contributed by atoms with E-state index in [1.807, 2.05) is 0 Å². The minimum absolute atomic E-state index is 0.0569. The van der Waals surface area contributed by atoms with Crippen molar-refractivity contribution in [3.05, 3.63) is 22.1 Å². The Morgan fingerprint density at radius 1 is 1.25 bits per heavy atom. The van der Waals surface area contributed by atoms with Crippen LogP contribution in [-0.2, 0) is 6.54 Å². The van der Waals surface area contributed by atoms with Gasteiger partial charge in [-0.05, 0) is 4.92 Å². The quantitative estimate of drug-likeness (QED) is 0.570. The van der Waals surface area contributed by atoms with Crippen LogP contribution in [0, 0.1) is 17.0 Å². The highest BCUT2D eigenvalue weighted by molar-refractivity contribution is 5.18. The van der Waals surface area contributed by atoms with Gasteiger partial charge in [0.25, 0.3) is 0 Å². The summed E-state index contributed by atoms with van der Waals surface area (Å²) < 4.78 is 1.65. The van der Waals surface area contributed by atoms with Gasteiger partial charge in [0.1, 0.15) is 12.7 Å². The molecule has 0 unspecified atom stereocenters. The summed E-state index contributed by atoms with van der Waals surface area (Å²) >= 11 is 0. The van der Waals surface area contributed by atoms with E-state index in [-0.39, 0.29) is 17.3 Å². The molecule has 0 radical (unpaired) electrons. The van der Waals surface area contributed by atoms with Crippen molar-refractivity contribution in [3.8, 4) is 0 Å². The average molecular weight is 283 g/mol. The van der Waals surface area contributed by atoms with Crippen LogP contribution in [0.5, 0.6) is 0 Å². The molecule has 1 aliphatic heterocycles. The second kappa shape index (κ2) is 6.78. The molecule has 8 heteroatoms. The van der Waals surface area contributed by atoms with Gasteiger partial charge >= 0.3 is 5.82 Å². The van der Waals surface area contributed by atoms with Gasteiger partial charge < -0.3 is 15.2 Å². The van der Waals surface area contributed by atoms with Crippen molar-refractivity contribution in [1.29, 1.82) is 0 Å². The highest BCUT2D eigenvalue weighted by atomic mass is 16.6. The molecule has 2 heterocycles. The van der Waals surface area contributed by atoms with Gasteiger partial charge in [-0.2, -0.15) is 0 Å². The first-order valence-corrected chi connectivity index (χ1v) is 6.84. The van der Waals surface area contributed by atoms with E-state index < -0.39 is 0 Å². The van der Waals surface area contributed by atoms with Gasteiger partial charge in [0, 0.05) is 46.2 Å². The number of aliphatic hydroxyl groups excluding tert-OH is 1. The van der Waals surface area contributed by atoms with Gasteiger partial charge in [-0.1, -0.05) is 0 Å². The van der Waals surface area contributed by atoms with Gasteiger partial charge in [0.05, 0.1) is 6.61 Å². The number of imidazole rings is 1. The first-order valence-electron chi connectivity index (χ1n) is 6.84. The van der Waals surface area contributed by atoms with Crippen molar-refractivity contribution >= 4 is 5.82 Å². The third-order valence-corrected chi connectivity index (χ3v) is 3.74. The van der Waals surface area contributed by atoms with E-state index >= 15 is 0 Å². The standard InChI is InChI=1S/C12H21N5O3/c1-11-13-10-12(17(19)20)16(11)7-6-14-2-4-15(5-3-14)8-9-18/h10,18H,2-9H2,1H3. The average Bonchev–Trinajstić information content (AvgIpc) is 2.80. The maximum absolute atomic E-state index is 10.9. The summed E-state index contributed by atoms with van der Waals surface area (Å²) in [7, 11) is 0. The molecule has 1 fully saturated rings. The maximum atomic E-state index is 10.9. The number of aromatic nitrogens is 2. The van der Waals surface area contributed by atoms with E-state index in [9.17, 15) is 10.1 Å². The molecule has 112 valence electrons. The minimum Gasteiger partial charge on any atom is -0.395 e. The zero-order valence-corrected chi connectivity index (χ0v) is 11.7. The Morgan fingerprint density at radius 2 is 1.85 bits per heavy atom. The molecule has 0 aliphatic carbocycles. The van der Waals surface area contributed by atoms with Gasteiger partial charge in [-0.3, -0.25) is 9.80 Å². The van der Waals surface area contributed by atoms with E-state index in [0.717, 1.165) is 39.3 Å². The Hall–Kier alpha value is -1.51. The molecule has 20 heavy (non-hydrogen) atoms. The first kappa shape index (κ1) is 14.9. The molecule has 8 nitrogen and oxygen atoms in total. The fourth-order valence-corrected chi connectivity index (χ4v) is 2.50. The molecule has 1 N–H and O–H groups in total. The van der Waals surface area contributed by atoms with Crippen LogP contribution >= 0.6 is 0 Å².